The Morgan fingerprint density at radius 1 is 0.878 bits per heavy atom. The van der Waals surface area contributed by atoms with Gasteiger partial charge in [0, 0.05) is 5.75 Å². The van der Waals surface area contributed by atoms with E-state index in [1.807, 2.05) is 30.3 Å². The molecule has 41 heavy (non-hydrogen) atoms. The molecule has 0 saturated carbocycles. The molecule has 2 amide bonds. The molecule has 222 valence electrons. The average Bonchev–Trinajstić information content (AvgIpc) is 2.94. The molecule has 0 saturated heterocycles. The highest BCUT2D eigenvalue weighted by Crippen LogP contribution is 2.34. The minimum atomic E-state index is -1.29. The van der Waals surface area contributed by atoms with E-state index in [0.29, 0.717) is 5.75 Å². The van der Waals surface area contributed by atoms with Crippen molar-refractivity contribution in [1.82, 2.24) is 10.6 Å². The van der Waals surface area contributed by atoms with E-state index in [2.05, 4.69) is 10.6 Å². The number of nitrogens with one attached hydrogen (secondary N) is 2. The molecule has 2 aromatic rings. The Hall–Kier alpha value is -4.06. The predicted molar refractivity (Wildman–Crippen MR) is 153 cm³/mol. The van der Waals surface area contributed by atoms with Crippen LogP contribution in [0.2, 0.25) is 0 Å². The van der Waals surface area contributed by atoms with Crippen LogP contribution in [-0.4, -0.2) is 71.8 Å². The summed E-state index contributed by atoms with van der Waals surface area (Å²) in [5.41, 5.74) is 0.974. The Balaban J connectivity index is 2.18. The van der Waals surface area contributed by atoms with Crippen molar-refractivity contribution >= 4 is 41.3 Å². The first-order valence-electron chi connectivity index (χ1n) is 12.9. The summed E-state index contributed by atoms with van der Waals surface area (Å²) in [7, 11) is 2.73. The number of carboxylic acids is 2. The number of rotatable bonds is 16. The number of ketones is 1. The van der Waals surface area contributed by atoms with Gasteiger partial charge in [0.05, 0.1) is 43.9 Å². The molecule has 2 rings (SSSR count). The minimum absolute atomic E-state index is 0.0138. The van der Waals surface area contributed by atoms with Crippen molar-refractivity contribution in [2.75, 3.05) is 20.0 Å². The molecule has 0 spiro atoms. The Kier molecular flexibility index (Phi) is 12.7. The van der Waals surface area contributed by atoms with Crippen LogP contribution in [0.5, 0.6) is 11.5 Å². The van der Waals surface area contributed by atoms with Gasteiger partial charge in [-0.25, -0.2) is 4.79 Å². The van der Waals surface area contributed by atoms with Gasteiger partial charge in [-0.2, -0.15) is 0 Å². The average molecular weight is 589 g/mol. The summed E-state index contributed by atoms with van der Waals surface area (Å²) >= 11 is 1.30. The maximum Gasteiger partial charge on any atom is 0.336 e. The third-order valence-electron chi connectivity index (χ3n) is 6.33. The fourth-order valence-electron chi connectivity index (χ4n) is 4.02. The lowest BCUT2D eigenvalue weighted by Crippen LogP contribution is -2.54. The summed E-state index contributed by atoms with van der Waals surface area (Å²) in [5.74, 6) is -4.89. The molecule has 1 unspecified atom stereocenters. The van der Waals surface area contributed by atoms with Gasteiger partial charge >= 0.3 is 11.9 Å². The summed E-state index contributed by atoms with van der Waals surface area (Å²) in [6.07, 6.45) is -0.612. The largest absolute Gasteiger partial charge is 0.493 e. The van der Waals surface area contributed by atoms with Gasteiger partial charge in [-0.05, 0) is 36.1 Å². The molecule has 0 heterocycles. The fourth-order valence-corrected chi connectivity index (χ4v) is 4.95. The van der Waals surface area contributed by atoms with E-state index < -0.39 is 59.9 Å². The number of carbonyl (C=O) groups excluding carboxylic acids is 3. The van der Waals surface area contributed by atoms with Gasteiger partial charge in [0.2, 0.25) is 11.8 Å². The molecule has 3 atom stereocenters. The second-order valence-electron chi connectivity index (χ2n) is 9.66. The lowest BCUT2D eigenvalue weighted by atomic mass is 9.93. The topological polar surface area (TPSA) is 168 Å². The van der Waals surface area contributed by atoms with Gasteiger partial charge in [-0.3, -0.25) is 19.2 Å². The van der Waals surface area contributed by atoms with Gasteiger partial charge in [0.1, 0.15) is 6.04 Å². The molecule has 12 heteroatoms. The summed E-state index contributed by atoms with van der Waals surface area (Å²) in [6.45, 7) is 4.84. The first kappa shape index (κ1) is 33.1. The first-order valence-corrected chi connectivity index (χ1v) is 14.0. The van der Waals surface area contributed by atoms with Gasteiger partial charge in [-0.1, -0.05) is 44.2 Å². The van der Waals surface area contributed by atoms with E-state index in [1.54, 1.807) is 13.8 Å². The number of carbonyl (C=O) groups is 5. The lowest BCUT2D eigenvalue weighted by Gasteiger charge is -2.26. The Morgan fingerprint density at radius 2 is 1.49 bits per heavy atom. The van der Waals surface area contributed by atoms with Crippen LogP contribution in [0.1, 0.15) is 54.6 Å². The van der Waals surface area contributed by atoms with E-state index in [0.717, 1.165) is 5.56 Å². The van der Waals surface area contributed by atoms with Crippen molar-refractivity contribution in [1.29, 1.82) is 0 Å². The van der Waals surface area contributed by atoms with Crippen LogP contribution in [0, 0.1) is 5.92 Å². The molecular formula is C29H36N2O9S. The summed E-state index contributed by atoms with van der Waals surface area (Å²) < 4.78 is 10.4. The van der Waals surface area contributed by atoms with Crippen molar-refractivity contribution < 1.29 is 43.7 Å². The standard InChI is InChI=1S/C29H36N2O9S/c1-16(2)26(31-27(35)17(3)19-11-23(39-4)24(40-5)12-20(19)29(37)38)28(36)30-21(13-25(33)34)22(32)15-41-14-18-9-7-6-8-10-18/h6-12,16-17,21,26H,13-15H2,1-5H3,(H,30,36)(H,31,35)(H,33,34)(H,37,38)/t17?,21-,26-/m0/s1. The van der Waals surface area contributed by atoms with Crippen LogP contribution in [-0.2, 0) is 24.9 Å². The Morgan fingerprint density at radius 3 is 2.02 bits per heavy atom. The predicted octanol–water partition coefficient (Wildman–Crippen LogP) is 3.11. The molecule has 4 N–H and O–H groups in total. The number of thioether (sulfide) groups is 1. The highest BCUT2D eigenvalue weighted by atomic mass is 32.2. The number of benzene rings is 2. The monoisotopic (exact) mass is 588 g/mol. The van der Waals surface area contributed by atoms with Crippen LogP contribution in [0.3, 0.4) is 0 Å². The Bertz CT molecular complexity index is 1250. The Labute approximate surface area is 243 Å². The van der Waals surface area contributed by atoms with Gasteiger partial charge in [0.15, 0.2) is 17.3 Å². The number of aromatic carboxylic acids is 1. The number of aliphatic carboxylic acids is 1. The smallest absolute Gasteiger partial charge is 0.336 e. The number of ether oxygens (including phenoxy) is 2. The van der Waals surface area contributed by atoms with E-state index in [1.165, 1.54) is 45.0 Å². The van der Waals surface area contributed by atoms with Crippen molar-refractivity contribution in [2.45, 2.75) is 50.9 Å². The number of hydrogen-bond donors (Lipinski definition) is 4. The first-order chi connectivity index (χ1) is 19.4. The van der Waals surface area contributed by atoms with Crippen LogP contribution >= 0.6 is 11.8 Å². The van der Waals surface area contributed by atoms with Gasteiger partial charge in [-0.15, -0.1) is 11.8 Å². The summed E-state index contributed by atoms with van der Waals surface area (Å²) in [4.78, 5) is 62.7. The summed E-state index contributed by atoms with van der Waals surface area (Å²) in [6, 6.07) is 9.68. The summed E-state index contributed by atoms with van der Waals surface area (Å²) in [5, 5.41) is 24.2. The van der Waals surface area contributed by atoms with E-state index >= 15 is 0 Å². The van der Waals surface area contributed by atoms with Crippen molar-refractivity contribution in [3.05, 3.63) is 59.2 Å². The normalized spacial score (nSPS) is 13.0. The third-order valence-corrected chi connectivity index (χ3v) is 7.36. The van der Waals surface area contributed by atoms with Crippen molar-refractivity contribution in [3.63, 3.8) is 0 Å². The molecule has 0 aliphatic heterocycles. The number of methoxy groups -OCH3 is 2. The quantitative estimate of drug-likeness (QED) is 0.229. The molecule has 0 aliphatic carbocycles. The lowest BCUT2D eigenvalue weighted by molar-refractivity contribution is -0.140. The molecule has 11 nitrogen and oxygen atoms in total. The van der Waals surface area contributed by atoms with Crippen LogP contribution < -0.4 is 20.1 Å². The second kappa shape index (κ2) is 15.7. The molecule has 0 fully saturated rings. The molecule has 2 aromatic carbocycles. The van der Waals surface area contributed by atoms with Crippen LogP contribution in [0.25, 0.3) is 0 Å². The number of Topliss-reactive ketones (excluding diaryl/α,β-unsaturated/α-hetero) is 1. The van der Waals surface area contributed by atoms with Gasteiger partial charge < -0.3 is 30.3 Å². The fraction of sp³-hybridized carbons (Fsp3) is 0.414. The zero-order chi connectivity index (χ0) is 30.7. The molecule has 0 aromatic heterocycles. The third kappa shape index (κ3) is 9.52. The highest BCUT2D eigenvalue weighted by Gasteiger charge is 2.32. The van der Waals surface area contributed by atoms with E-state index in [-0.39, 0.29) is 28.4 Å². The maximum absolute atomic E-state index is 13.2. The highest BCUT2D eigenvalue weighted by molar-refractivity contribution is 7.99. The van der Waals surface area contributed by atoms with Crippen LogP contribution in [0.15, 0.2) is 42.5 Å². The number of carboxylic acid groups (broad SMARTS) is 2. The van der Waals surface area contributed by atoms with E-state index in [9.17, 15) is 34.2 Å². The number of amides is 2. The SMILES string of the molecule is COc1cc(C(=O)O)c(C(C)C(=O)N[C@H](C(=O)N[C@@H](CC(=O)O)C(=O)CSCc2ccccc2)C(C)C)cc1OC. The molecule has 0 radical (unpaired) electrons. The minimum Gasteiger partial charge on any atom is -0.493 e. The van der Waals surface area contributed by atoms with Crippen molar-refractivity contribution in [3.8, 4) is 11.5 Å². The molecular weight excluding hydrogens is 552 g/mol. The second-order valence-corrected chi connectivity index (χ2v) is 10.6. The molecule has 0 bridgehead atoms. The molecule has 0 aliphatic rings. The van der Waals surface area contributed by atoms with Crippen molar-refractivity contribution in [2.24, 2.45) is 5.92 Å². The maximum atomic E-state index is 13.2. The number of hydrogen-bond acceptors (Lipinski definition) is 8. The zero-order valence-electron chi connectivity index (χ0n) is 23.6. The van der Waals surface area contributed by atoms with Crippen LogP contribution in [0.4, 0.5) is 0 Å². The zero-order valence-corrected chi connectivity index (χ0v) is 24.4. The van der Waals surface area contributed by atoms with Gasteiger partial charge in [0.25, 0.3) is 0 Å². The van der Waals surface area contributed by atoms with E-state index in [4.69, 9.17) is 9.47 Å².